The molecule has 0 radical (unpaired) electrons. The van der Waals surface area contributed by atoms with Gasteiger partial charge >= 0.3 is 0 Å². The highest BCUT2D eigenvalue weighted by atomic mass is 16.5. The van der Waals surface area contributed by atoms with Crippen molar-refractivity contribution in [1.29, 1.82) is 0 Å². The second kappa shape index (κ2) is 12.4. The van der Waals surface area contributed by atoms with Gasteiger partial charge in [0.2, 0.25) is 0 Å². The van der Waals surface area contributed by atoms with E-state index in [0.29, 0.717) is 35.7 Å². The molecule has 5 nitrogen and oxygen atoms in total. The fourth-order valence-electron chi connectivity index (χ4n) is 3.61. The summed E-state index contributed by atoms with van der Waals surface area (Å²) in [6, 6.07) is 24.4. The van der Waals surface area contributed by atoms with E-state index in [1.807, 2.05) is 54.6 Å². The van der Waals surface area contributed by atoms with Crippen LogP contribution in [0.3, 0.4) is 0 Å². The Balaban J connectivity index is 1.71. The highest BCUT2D eigenvalue weighted by Crippen LogP contribution is 2.25. The zero-order valence-corrected chi connectivity index (χ0v) is 19.4. The van der Waals surface area contributed by atoms with Gasteiger partial charge in [0, 0.05) is 13.6 Å². The Morgan fingerprint density at radius 2 is 1.52 bits per heavy atom. The summed E-state index contributed by atoms with van der Waals surface area (Å²) in [5, 5.41) is 2.97. The Hall–Kier alpha value is -3.60. The third-order valence-electron chi connectivity index (χ3n) is 5.48. The summed E-state index contributed by atoms with van der Waals surface area (Å²) in [5.41, 5.74) is 2.66. The third kappa shape index (κ3) is 6.69. The van der Waals surface area contributed by atoms with Gasteiger partial charge in [0.1, 0.15) is 5.75 Å². The number of carbonyl (C=O) groups is 2. The van der Waals surface area contributed by atoms with E-state index < -0.39 is 0 Å². The van der Waals surface area contributed by atoms with E-state index >= 15 is 0 Å². The molecule has 0 unspecified atom stereocenters. The number of carbonyl (C=O) groups excluding carboxylic acids is 2. The first-order valence-corrected chi connectivity index (χ1v) is 11.5. The predicted molar refractivity (Wildman–Crippen MR) is 133 cm³/mol. The molecule has 0 fully saturated rings. The molecule has 0 saturated carbocycles. The summed E-state index contributed by atoms with van der Waals surface area (Å²) in [6.07, 6.45) is 3.88. The summed E-state index contributed by atoms with van der Waals surface area (Å²) in [5.74, 6) is 0.145. The summed E-state index contributed by atoms with van der Waals surface area (Å²) in [6.45, 7) is 3.23. The molecular formula is C28H32N2O3. The topological polar surface area (TPSA) is 58.6 Å². The van der Waals surface area contributed by atoms with Gasteiger partial charge in [-0.15, -0.1) is 0 Å². The van der Waals surface area contributed by atoms with Crippen molar-refractivity contribution in [2.75, 3.05) is 25.1 Å². The van der Waals surface area contributed by atoms with Crippen LogP contribution in [0, 0.1) is 0 Å². The van der Waals surface area contributed by atoms with Crippen LogP contribution in [0.2, 0.25) is 0 Å². The zero-order chi connectivity index (χ0) is 23.5. The molecule has 0 saturated heterocycles. The van der Waals surface area contributed by atoms with Gasteiger partial charge in [-0.25, -0.2) is 0 Å². The number of nitrogens with one attached hydrogen (secondary N) is 1. The largest absolute Gasteiger partial charge is 0.493 e. The molecule has 0 spiro atoms. The molecule has 0 bridgehead atoms. The van der Waals surface area contributed by atoms with Crippen LogP contribution in [0.25, 0.3) is 0 Å². The van der Waals surface area contributed by atoms with Gasteiger partial charge in [0.15, 0.2) is 0 Å². The van der Waals surface area contributed by atoms with Crippen molar-refractivity contribution in [3.05, 3.63) is 95.6 Å². The molecule has 0 atom stereocenters. The van der Waals surface area contributed by atoms with Crippen molar-refractivity contribution >= 4 is 17.5 Å². The first-order valence-electron chi connectivity index (χ1n) is 11.5. The second-order valence-corrected chi connectivity index (χ2v) is 7.92. The van der Waals surface area contributed by atoms with Gasteiger partial charge < -0.3 is 15.0 Å². The molecule has 3 aromatic carbocycles. The van der Waals surface area contributed by atoms with Crippen LogP contribution in [0.4, 0.5) is 5.69 Å². The van der Waals surface area contributed by atoms with Crippen LogP contribution in [0.5, 0.6) is 5.75 Å². The van der Waals surface area contributed by atoms with Gasteiger partial charge in [-0.1, -0.05) is 74.4 Å². The number of amides is 2. The van der Waals surface area contributed by atoms with Gasteiger partial charge in [-0.05, 0) is 42.7 Å². The van der Waals surface area contributed by atoms with E-state index in [9.17, 15) is 9.59 Å². The van der Waals surface area contributed by atoms with Gasteiger partial charge in [-0.3, -0.25) is 9.59 Å². The number of rotatable bonds is 11. The molecule has 0 aliphatic carbocycles. The number of para-hydroxylation sites is 2. The van der Waals surface area contributed by atoms with E-state index in [2.05, 4.69) is 12.2 Å². The molecule has 0 heterocycles. The molecule has 3 rings (SSSR count). The molecule has 5 heteroatoms. The molecule has 0 aliphatic rings. The SMILES string of the molecule is CCCCCOc1ccccc1C(=O)N(C)c1ccccc1C(=O)NCCc1ccccc1. The van der Waals surface area contributed by atoms with Crippen LogP contribution >= 0.6 is 0 Å². The third-order valence-corrected chi connectivity index (χ3v) is 5.48. The Kier molecular flexibility index (Phi) is 9.07. The van der Waals surface area contributed by atoms with Crippen molar-refractivity contribution in [1.82, 2.24) is 5.32 Å². The maximum atomic E-state index is 13.3. The maximum Gasteiger partial charge on any atom is 0.261 e. The lowest BCUT2D eigenvalue weighted by Gasteiger charge is -2.22. The zero-order valence-electron chi connectivity index (χ0n) is 19.4. The van der Waals surface area contributed by atoms with Crippen LogP contribution in [0.1, 0.15) is 52.5 Å². The molecule has 33 heavy (non-hydrogen) atoms. The lowest BCUT2D eigenvalue weighted by molar-refractivity contribution is 0.0954. The fraction of sp³-hybridized carbons (Fsp3) is 0.286. The van der Waals surface area contributed by atoms with Crippen LogP contribution in [-0.4, -0.2) is 32.0 Å². The number of hydrogen-bond donors (Lipinski definition) is 1. The highest BCUT2D eigenvalue weighted by Gasteiger charge is 2.22. The van der Waals surface area contributed by atoms with E-state index in [-0.39, 0.29) is 11.8 Å². The minimum Gasteiger partial charge on any atom is -0.493 e. The first kappa shape index (κ1) is 24.1. The number of hydrogen-bond acceptors (Lipinski definition) is 3. The number of nitrogens with zero attached hydrogens (tertiary/aromatic N) is 1. The van der Waals surface area contributed by atoms with Crippen LogP contribution in [-0.2, 0) is 6.42 Å². The maximum absolute atomic E-state index is 13.3. The lowest BCUT2D eigenvalue weighted by atomic mass is 10.1. The summed E-state index contributed by atoms with van der Waals surface area (Å²) >= 11 is 0. The Labute approximate surface area is 196 Å². The van der Waals surface area contributed by atoms with E-state index in [1.165, 1.54) is 4.90 Å². The minimum absolute atomic E-state index is 0.203. The Bertz CT molecular complexity index is 1050. The Morgan fingerprint density at radius 1 is 0.848 bits per heavy atom. The summed E-state index contributed by atoms with van der Waals surface area (Å²) < 4.78 is 5.89. The predicted octanol–water partition coefficient (Wildman–Crippen LogP) is 5.50. The summed E-state index contributed by atoms with van der Waals surface area (Å²) in [4.78, 5) is 27.8. The van der Waals surface area contributed by atoms with Crippen molar-refractivity contribution < 1.29 is 14.3 Å². The molecule has 3 aromatic rings. The quantitative estimate of drug-likeness (QED) is 0.397. The van der Waals surface area contributed by atoms with Gasteiger partial charge in [0.25, 0.3) is 11.8 Å². The minimum atomic E-state index is -0.217. The molecule has 1 N–H and O–H groups in total. The van der Waals surface area contributed by atoms with Crippen molar-refractivity contribution in [2.24, 2.45) is 0 Å². The molecular weight excluding hydrogens is 412 g/mol. The van der Waals surface area contributed by atoms with Gasteiger partial charge in [-0.2, -0.15) is 0 Å². The average molecular weight is 445 g/mol. The molecule has 172 valence electrons. The van der Waals surface area contributed by atoms with Crippen molar-refractivity contribution in [3.63, 3.8) is 0 Å². The van der Waals surface area contributed by atoms with Gasteiger partial charge in [0.05, 0.1) is 23.4 Å². The van der Waals surface area contributed by atoms with Crippen molar-refractivity contribution in [2.45, 2.75) is 32.6 Å². The first-order chi connectivity index (χ1) is 16.1. The number of anilines is 1. The number of ether oxygens (including phenoxy) is 1. The van der Waals surface area contributed by atoms with Crippen LogP contribution < -0.4 is 15.0 Å². The number of benzene rings is 3. The lowest BCUT2D eigenvalue weighted by Crippen LogP contribution is -2.31. The molecule has 0 aromatic heterocycles. The van der Waals surface area contributed by atoms with Crippen molar-refractivity contribution in [3.8, 4) is 5.75 Å². The average Bonchev–Trinajstić information content (AvgIpc) is 2.86. The standard InChI is InChI=1S/C28H32N2O3/c1-3-4-12-21-33-26-18-11-9-16-24(26)28(32)30(2)25-17-10-8-15-23(25)27(31)29-20-19-22-13-6-5-7-14-22/h5-11,13-18H,3-4,12,19-21H2,1-2H3,(H,29,31). The highest BCUT2D eigenvalue weighted by molar-refractivity contribution is 6.11. The Morgan fingerprint density at radius 3 is 2.27 bits per heavy atom. The smallest absolute Gasteiger partial charge is 0.261 e. The van der Waals surface area contributed by atoms with E-state index in [0.717, 1.165) is 31.2 Å². The summed E-state index contributed by atoms with van der Waals surface area (Å²) in [7, 11) is 1.69. The van der Waals surface area contributed by atoms with Crippen LogP contribution in [0.15, 0.2) is 78.9 Å². The van der Waals surface area contributed by atoms with E-state index in [4.69, 9.17) is 4.74 Å². The second-order valence-electron chi connectivity index (χ2n) is 7.92. The van der Waals surface area contributed by atoms with E-state index in [1.54, 1.807) is 31.3 Å². The molecule has 2 amide bonds. The molecule has 0 aliphatic heterocycles. The fourth-order valence-corrected chi connectivity index (χ4v) is 3.61. The number of unbranched alkanes of at least 4 members (excludes halogenated alkanes) is 2. The monoisotopic (exact) mass is 444 g/mol. The normalized spacial score (nSPS) is 10.5.